The van der Waals surface area contributed by atoms with Crippen LogP contribution >= 0.6 is 28.5 Å². The van der Waals surface area contributed by atoms with E-state index in [1.807, 2.05) is 60.7 Å². The maximum Gasteiger partial charge on any atom is 0.217 e. The van der Waals surface area contributed by atoms with Gasteiger partial charge in [-0.2, -0.15) is 0 Å². The van der Waals surface area contributed by atoms with Gasteiger partial charge in [-0.15, -0.1) is 0 Å². The molecule has 4 aromatic carbocycles. The van der Waals surface area contributed by atoms with Crippen LogP contribution in [0, 0.1) is 0 Å². The molecule has 4 aromatic rings. The minimum Gasteiger partial charge on any atom is -0.475 e. The van der Waals surface area contributed by atoms with Crippen molar-refractivity contribution in [1.82, 2.24) is 0 Å². The van der Waals surface area contributed by atoms with E-state index in [0.717, 1.165) is 33.4 Å². The van der Waals surface area contributed by atoms with Gasteiger partial charge in [0.05, 0.1) is 0 Å². The summed E-state index contributed by atoms with van der Waals surface area (Å²) in [7, 11) is 1.25. The van der Waals surface area contributed by atoms with Gasteiger partial charge in [-0.1, -0.05) is 97.1 Å². The number of ether oxygens (including phenoxy) is 2. The molecular weight excluding hydrogens is 639 g/mol. The van der Waals surface area contributed by atoms with E-state index in [2.05, 4.69) is 77.0 Å². The van der Waals surface area contributed by atoms with E-state index in [9.17, 15) is 0 Å². The van der Waals surface area contributed by atoms with Crippen LogP contribution in [0.25, 0.3) is 11.1 Å². The van der Waals surface area contributed by atoms with Crippen LogP contribution in [0.2, 0.25) is 0 Å². The number of hydrogen-bond acceptors (Lipinski definition) is 4. The minimum absolute atomic E-state index is 0.00803. The molecule has 0 fully saturated rings. The number of nitrogens with zero attached hydrogens (tertiary/aromatic N) is 2. The van der Waals surface area contributed by atoms with Crippen molar-refractivity contribution in [2.45, 2.75) is 12.1 Å². The van der Waals surface area contributed by atoms with Crippen LogP contribution in [-0.2, 0) is 20.4 Å². The number of aliphatic imine (C=N–C) groups is 2. The zero-order chi connectivity index (χ0) is 25.5. The van der Waals surface area contributed by atoms with E-state index in [-0.39, 0.29) is 12.1 Å². The average Bonchev–Trinajstić information content (AvgIpc) is 3.66. The quantitative estimate of drug-likeness (QED) is 0.203. The van der Waals surface area contributed by atoms with E-state index in [1.165, 1.54) is 10.9 Å². The van der Waals surface area contributed by atoms with E-state index in [0.29, 0.717) is 25.0 Å². The van der Waals surface area contributed by atoms with Gasteiger partial charge in [-0.05, 0) is 34.4 Å². The zero-order valence-electron chi connectivity index (χ0n) is 19.7. The van der Waals surface area contributed by atoms with Crippen molar-refractivity contribution in [3.05, 3.63) is 131 Å². The van der Waals surface area contributed by atoms with Crippen molar-refractivity contribution in [3.63, 3.8) is 0 Å². The minimum atomic E-state index is 0.00803. The van der Waals surface area contributed by atoms with Crippen LogP contribution in [0.5, 0.6) is 0 Å². The van der Waals surface area contributed by atoms with Gasteiger partial charge < -0.3 is 9.47 Å². The van der Waals surface area contributed by atoms with Crippen molar-refractivity contribution >= 4 is 40.2 Å². The molecule has 0 aromatic heterocycles. The maximum absolute atomic E-state index is 6.10. The Kier molecular flexibility index (Phi) is 8.88. The van der Waals surface area contributed by atoms with Crippen LogP contribution in [0.1, 0.15) is 34.3 Å². The van der Waals surface area contributed by atoms with Crippen molar-refractivity contribution in [2.75, 3.05) is 13.2 Å². The SMILES string of the molecule is [Br][Ni][Br].c1ccc(C2COC(c3ccccc3-c3ccccc3C3=NC(c4ccccc4)CO3)=N2)cc1. The van der Waals surface area contributed by atoms with Gasteiger partial charge in [-0.25, -0.2) is 9.98 Å². The fraction of sp³-hybridized carbons (Fsp3) is 0.133. The Morgan fingerprint density at radius 3 is 1.22 bits per heavy atom. The maximum atomic E-state index is 6.10. The molecule has 2 heterocycles. The Morgan fingerprint density at radius 1 is 0.514 bits per heavy atom. The van der Waals surface area contributed by atoms with Crippen LogP contribution in [0.4, 0.5) is 0 Å². The molecule has 0 saturated carbocycles. The third-order valence-electron chi connectivity index (χ3n) is 6.28. The molecule has 0 aliphatic carbocycles. The third kappa shape index (κ3) is 6.06. The van der Waals surface area contributed by atoms with E-state index in [4.69, 9.17) is 19.5 Å². The monoisotopic (exact) mass is 660 g/mol. The number of rotatable bonds is 5. The Labute approximate surface area is 237 Å². The molecule has 0 radical (unpaired) electrons. The summed E-state index contributed by atoms with van der Waals surface area (Å²) in [6.07, 6.45) is 0. The molecule has 2 atom stereocenters. The first-order valence-corrected chi connectivity index (χ1v) is 16.7. The Balaban J connectivity index is 0.000000892. The molecule has 6 rings (SSSR count). The number of halogens is 2. The third-order valence-corrected chi connectivity index (χ3v) is 6.28. The van der Waals surface area contributed by atoms with Crippen molar-refractivity contribution < 1.29 is 20.4 Å². The molecule has 37 heavy (non-hydrogen) atoms. The standard InChI is InChI=1S/C30H24N2O2.2BrH.Ni/c1-3-11-21(12-4-1)27-19-33-29(31-27)25-17-9-7-15-23(25)24-16-8-10-18-26(24)30-32-28(20-34-30)22-13-5-2-6-14-22;;;/h1-18,27-28H,19-20H2;2*1H;/q;;;+2/p-2. The van der Waals surface area contributed by atoms with Crippen LogP contribution in [-0.4, -0.2) is 25.0 Å². The first-order chi connectivity index (χ1) is 18.3. The van der Waals surface area contributed by atoms with Gasteiger partial charge in [0, 0.05) is 11.1 Å². The molecule has 2 aliphatic rings. The molecule has 4 nitrogen and oxygen atoms in total. The fourth-order valence-electron chi connectivity index (χ4n) is 4.54. The van der Waals surface area contributed by atoms with Gasteiger partial charge in [0.1, 0.15) is 25.3 Å². The van der Waals surface area contributed by atoms with Crippen LogP contribution < -0.4 is 0 Å². The second kappa shape index (κ2) is 12.7. The first-order valence-electron chi connectivity index (χ1n) is 11.8. The summed E-state index contributed by atoms with van der Waals surface area (Å²) in [5.41, 5.74) is 6.39. The molecule has 2 unspecified atom stereocenters. The predicted octanol–water partition coefficient (Wildman–Crippen LogP) is 8.08. The van der Waals surface area contributed by atoms with Crippen LogP contribution in [0.15, 0.2) is 119 Å². The van der Waals surface area contributed by atoms with Gasteiger partial charge in [-0.3, -0.25) is 0 Å². The summed E-state index contributed by atoms with van der Waals surface area (Å²) in [6.45, 7) is 1.09. The van der Waals surface area contributed by atoms with E-state index in [1.54, 1.807) is 0 Å². The largest absolute Gasteiger partial charge is 0.475 e. The number of hydrogen-bond donors (Lipinski definition) is 0. The second-order valence-electron chi connectivity index (χ2n) is 8.48. The molecule has 190 valence electrons. The Bertz CT molecular complexity index is 1290. The summed E-state index contributed by atoms with van der Waals surface area (Å²) in [4.78, 5) is 9.85. The molecule has 0 amide bonds. The van der Waals surface area contributed by atoms with Gasteiger partial charge in [0.2, 0.25) is 11.8 Å². The summed E-state index contributed by atoms with van der Waals surface area (Å²) < 4.78 is 12.2. The topological polar surface area (TPSA) is 43.2 Å². The zero-order valence-corrected chi connectivity index (χ0v) is 23.9. The van der Waals surface area contributed by atoms with Gasteiger partial charge in [0.25, 0.3) is 0 Å². The molecule has 0 N–H and O–H groups in total. The van der Waals surface area contributed by atoms with Crippen molar-refractivity contribution in [2.24, 2.45) is 9.98 Å². The molecular formula is C30H24Br2N2NiO2. The number of benzene rings is 4. The summed E-state index contributed by atoms with van der Waals surface area (Å²) in [5, 5.41) is 0. The molecule has 2 aliphatic heterocycles. The smallest absolute Gasteiger partial charge is 0.217 e. The fourth-order valence-corrected chi connectivity index (χ4v) is 4.54. The Morgan fingerprint density at radius 2 is 0.838 bits per heavy atom. The van der Waals surface area contributed by atoms with Crippen molar-refractivity contribution in [1.29, 1.82) is 0 Å². The molecule has 0 spiro atoms. The van der Waals surface area contributed by atoms with Crippen molar-refractivity contribution in [3.8, 4) is 11.1 Å². The summed E-state index contributed by atoms with van der Waals surface area (Å²) >= 11 is 6.00. The van der Waals surface area contributed by atoms with Gasteiger partial charge >= 0.3 is 39.3 Å². The second-order valence-corrected chi connectivity index (χ2v) is 13.5. The normalized spacial score (nSPS) is 18.2. The summed E-state index contributed by atoms with van der Waals surface area (Å²) in [6, 6.07) is 37.1. The molecule has 7 heteroatoms. The summed E-state index contributed by atoms with van der Waals surface area (Å²) in [5.74, 6) is 1.35. The van der Waals surface area contributed by atoms with Crippen LogP contribution in [0.3, 0.4) is 0 Å². The van der Waals surface area contributed by atoms with E-state index >= 15 is 0 Å². The Hall–Kier alpha value is -2.73. The van der Waals surface area contributed by atoms with Gasteiger partial charge in [0.15, 0.2) is 0 Å². The predicted molar refractivity (Wildman–Crippen MR) is 153 cm³/mol. The van der Waals surface area contributed by atoms with E-state index < -0.39 is 0 Å². The first kappa shape index (κ1) is 25.9. The average molecular weight is 663 g/mol. The molecule has 0 saturated heterocycles. The molecule has 0 bridgehead atoms.